The molecule has 1 amide bonds. The van der Waals surface area contributed by atoms with Crippen molar-refractivity contribution in [1.29, 1.82) is 0 Å². The van der Waals surface area contributed by atoms with Gasteiger partial charge in [-0.1, -0.05) is 44.7 Å². The number of fused-ring (bicyclic) bond motifs is 1. The molecule has 0 bridgehead atoms. The van der Waals surface area contributed by atoms with E-state index < -0.39 is 8.32 Å². The molecular weight excluding hydrogens is 591 g/mol. The molecule has 1 saturated heterocycles. The fraction of sp³-hybridized carbons (Fsp3) is 0.378. The monoisotopic (exact) mass is 635 g/mol. The molecule has 1 fully saturated rings. The Morgan fingerprint density at radius 2 is 1.93 bits per heavy atom. The molecule has 240 valence electrons. The molecule has 46 heavy (non-hydrogen) atoms. The molecule has 1 aliphatic heterocycles. The van der Waals surface area contributed by atoms with Gasteiger partial charge in [0.1, 0.15) is 0 Å². The molecule has 0 radical (unpaired) electrons. The normalized spacial score (nSPS) is 15.5. The first-order valence-electron chi connectivity index (χ1n) is 16.0. The number of para-hydroxylation sites is 1. The Balaban J connectivity index is 1.33. The summed E-state index contributed by atoms with van der Waals surface area (Å²) in [6.07, 6.45) is 8.76. The summed E-state index contributed by atoms with van der Waals surface area (Å²) in [6.45, 7) is 14.4. The smallest absolute Gasteiger partial charge is 0.254 e. The minimum absolute atomic E-state index is 0.128. The Labute approximate surface area is 273 Å². The maximum absolute atomic E-state index is 13.2. The zero-order valence-electron chi connectivity index (χ0n) is 27.8. The van der Waals surface area contributed by atoms with Crippen LogP contribution in [0.4, 0.5) is 11.4 Å². The summed E-state index contributed by atoms with van der Waals surface area (Å²) in [4.78, 5) is 17.6. The molecule has 0 saturated carbocycles. The van der Waals surface area contributed by atoms with Gasteiger partial charge >= 0.3 is 0 Å². The average Bonchev–Trinajstić information content (AvgIpc) is 3.39. The molecule has 8 nitrogen and oxygen atoms in total. The van der Waals surface area contributed by atoms with E-state index >= 15 is 0 Å². The maximum Gasteiger partial charge on any atom is 0.254 e. The largest absolute Gasteiger partial charge is 0.406 e. The Morgan fingerprint density at radius 1 is 1.11 bits per heavy atom. The van der Waals surface area contributed by atoms with Gasteiger partial charge in [-0.3, -0.25) is 9.78 Å². The fourth-order valence-electron chi connectivity index (χ4n) is 5.03. The molecule has 1 atom stereocenters. The van der Waals surface area contributed by atoms with Gasteiger partial charge in [0.25, 0.3) is 5.91 Å². The predicted molar refractivity (Wildman–Crippen MR) is 189 cm³/mol. The van der Waals surface area contributed by atoms with E-state index in [9.17, 15) is 4.79 Å². The number of hydrogen-bond acceptors (Lipinski definition) is 6. The minimum atomic E-state index is -1.85. The summed E-state index contributed by atoms with van der Waals surface area (Å²) >= 11 is 0. The number of nitrogens with zero attached hydrogens (tertiary/aromatic N) is 3. The van der Waals surface area contributed by atoms with Crippen LogP contribution in [-0.2, 0) is 9.16 Å². The van der Waals surface area contributed by atoms with Crippen molar-refractivity contribution >= 4 is 48.7 Å². The van der Waals surface area contributed by atoms with E-state index in [1.54, 1.807) is 0 Å². The summed E-state index contributed by atoms with van der Waals surface area (Å²) in [5, 5.41) is 12.5. The number of pyridine rings is 1. The standard InChI is InChI=1S/C37H45N5O3Si/c1-27-20-22-38-28(25-27)17-19-33-30-18-16-29(26-34(30)42(41-33)35-15-9-11-23-44-35)40-32-14-8-7-13-31(32)36(43)39-21-10-12-24-45-46(5,6)37(2,3)4/h7-8,13-14,16-20,22,25-26,35,40H,9,11,15,21,23-24H2,1-6H3,(H,39,43)/b19-17+. The number of carbonyl (C=O) groups excluding carboxylic acids is 1. The summed E-state index contributed by atoms with van der Waals surface area (Å²) in [6, 6.07) is 17.7. The average molecular weight is 636 g/mol. The number of rotatable bonds is 9. The van der Waals surface area contributed by atoms with Gasteiger partial charge in [-0.25, -0.2) is 4.68 Å². The first-order valence-corrected chi connectivity index (χ1v) is 18.9. The summed E-state index contributed by atoms with van der Waals surface area (Å²) in [5.41, 5.74) is 5.96. The van der Waals surface area contributed by atoms with E-state index in [4.69, 9.17) is 14.3 Å². The van der Waals surface area contributed by atoms with Crippen LogP contribution in [0.1, 0.15) is 73.6 Å². The number of anilines is 2. The van der Waals surface area contributed by atoms with Crippen molar-refractivity contribution in [3.8, 4) is 11.8 Å². The number of amides is 1. The summed E-state index contributed by atoms with van der Waals surface area (Å²) in [7, 11) is -1.85. The number of nitrogens with one attached hydrogen (secondary N) is 2. The summed E-state index contributed by atoms with van der Waals surface area (Å²) < 4.78 is 14.2. The lowest BCUT2D eigenvalue weighted by Gasteiger charge is -2.35. The van der Waals surface area contributed by atoms with Crippen LogP contribution in [0.25, 0.3) is 23.1 Å². The van der Waals surface area contributed by atoms with E-state index in [2.05, 4.69) is 80.4 Å². The van der Waals surface area contributed by atoms with Crippen LogP contribution >= 0.6 is 0 Å². The molecule has 2 aromatic carbocycles. The van der Waals surface area contributed by atoms with E-state index in [-0.39, 0.29) is 23.7 Å². The zero-order chi connectivity index (χ0) is 32.7. The topological polar surface area (TPSA) is 90.3 Å². The van der Waals surface area contributed by atoms with Gasteiger partial charge in [-0.2, -0.15) is 5.10 Å². The number of hydrogen-bond donors (Lipinski definition) is 2. The Hall–Kier alpha value is -4.23. The molecule has 4 aromatic rings. The van der Waals surface area contributed by atoms with Crippen LogP contribution in [0.2, 0.25) is 18.1 Å². The lowest BCUT2D eigenvalue weighted by Crippen LogP contribution is -2.40. The highest BCUT2D eigenvalue weighted by Gasteiger charge is 2.36. The minimum Gasteiger partial charge on any atom is -0.406 e. The zero-order valence-corrected chi connectivity index (χ0v) is 28.8. The highest BCUT2D eigenvalue weighted by atomic mass is 28.4. The Bertz CT molecular complexity index is 1770. The van der Waals surface area contributed by atoms with Crippen molar-refractivity contribution < 1.29 is 14.0 Å². The van der Waals surface area contributed by atoms with Crippen LogP contribution in [0, 0.1) is 18.8 Å². The molecule has 0 spiro atoms. The van der Waals surface area contributed by atoms with Crippen molar-refractivity contribution in [3.63, 3.8) is 0 Å². The lowest BCUT2D eigenvalue weighted by atomic mass is 10.1. The van der Waals surface area contributed by atoms with Gasteiger partial charge in [0.05, 0.1) is 41.3 Å². The number of aryl methyl sites for hydroxylation is 1. The van der Waals surface area contributed by atoms with Crippen LogP contribution in [0.5, 0.6) is 0 Å². The fourth-order valence-corrected chi connectivity index (χ4v) is 5.89. The van der Waals surface area contributed by atoms with E-state index in [1.165, 1.54) is 0 Å². The van der Waals surface area contributed by atoms with Gasteiger partial charge in [-0.15, -0.1) is 0 Å². The van der Waals surface area contributed by atoms with Crippen molar-refractivity contribution in [2.75, 3.05) is 25.1 Å². The lowest BCUT2D eigenvalue weighted by molar-refractivity contribution is -0.0367. The molecule has 1 unspecified atom stereocenters. The second kappa shape index (κ2) is 14.5. The van der Waals surface area contributed by atoms with Crippen LogP contribution < -0.4 is 10.6 Å². The van der Waals surface area contributed by atoms with Crippen LogP contribution in [-0.4, -0.2) is 48.7 Å². The molecule has 0 aliphatic carbocycles. The van der Waals surface area contributed by atoms with Crippen LogP contribution in [0.3, 0.4) is 0 Å². The van der Waals surface area contributed by atoms with Crippen molar-refractivity contribution in [2.24, 2.45) is 0 Å². The first kappa shape index (κ1) is 33.1. The third kappa shape index (κ3) is 8.12. The maximum atomic E-state index is 13.2. The number of ether oxygens (including phenoxy) is 1. The second-order valence-corrected chi connectivity index (χ2v) is 18.0. The van der Waals surface area contributed by atoms with Crippen molar-refractivity contribution in [1.82, 2.24) is 20.1 Å². The van der Waals surface area contributed by atoms with Gasteiger partial charge in [0.2, 0.25) is 0 Å². The van der Waals surface area contributed by atoms with Crippen molar-refractivity contribution in [2.45, 2.75) is 71.3 Å². The predicted octanol–water partition coefficient (Wildman–Crippen LogP) is 8.11. The highest BCUT2D eigenvalue weighted by Crippen LogP contribution is 2.36. The molecule has 2 aromatic heterocycles. The number of aromatic nitrogens is 3. The van der Waals surface area contributed by atoms with E-state index in [0.29, 0.717) is 17.9 Å². The molecule has 5 rings (SSSR count). The molecular formula is C37H45N5O3Si. The molecule has 3 heterocycles. The Morgan fingerprint density at radius 3 is 2.70 bits per heavy atom. The van der Waals surface area contributed by atoms with E-state index in [0.717, 1.165) is 59.4 Å². The van der Waals surface area contributed by atoms with Gasteiger partial charge in [0.15, 0.2) is 14.5 Å². The second-order valence-electron chi connectivity index (χ2n) is 13.2. The highest BCUT2D eigenvalue weighted by molar-refractivity contribution is 6.74. The third-order valence-electron chi connectivity index (χ3n) is 8.74. The number of benzene rings is 2. The number of carbonyl (C=O) groups is 1. The third-order valence-corrected chi connectivity index (χ3v) is 13.2. The molecule has 9 heteroatoms. The van der Waals surface area contributed by atoms with Gasteiger partial charge < -0.3 is 19.8 Å². The molecule has 2 N–H and O–H groups in total. The van der Waals surface area contributed by atoms with Crippen molar-refractivity contribution in [3.05, 3.63) is 83.3 Å². The SMILES string of the molecule is Cc1ccnc(/C=C/c2nn(C3CCCCO3)c3cc(Nc4ccccc4C(=O)NCC#CCO[Si](C)(C)C(C)(C)C)ccc23)c1. The quantitative estimate of drug-likeness (QED) is 0.143. The van der Waals surface area contributed by atoms with Crippen LogP contribution in [0.15, 0.2) is 60.8 Å². The Kier molecular flexibility index (Phi) is 10.4. The first-order chi connectivity index (χ1) is 22.0. The van der Waals surface area contributed by atoms with Gasteiger partial charge in [-0.05, 0) is 104 Å². The molecule has 1 aliphatic rings. The summed E-state index contributed by atoms with van der Waals surface area (Å²) in [5.74, 6) is 5.89. The van der Waals surface area contributed by atoms with E-state index in [1.807, 2.05) is 65.5 Å². The van der Waals surface area contributed by atoms with Gasteiger partial charge in [0, 0.05) is 23.9 Å².